The first-order valence-corrected chi connectivity index (χ1v) is 13.4. The van der Waals surface area contributed by atoms with Crippen molar-refractivity contribution in [3.63, 3.8) is 0 Å². The lowest BCUT2D eigenvalue weighted by Gasteiger charge is -2.18. The van der Waals surface area contributed by atoms with Crippen molar-refractivity contribution >= 4 is 17.1 Å². The fourth-order valence-electron chi connectivity index (χ4n) is 5.86. The number of benzene rings is 1. The quantitative estimate of drug-likeness (QED) is 0.308. The second kappa shape index (κ2) is 10.1. The van der Waals surface area contributed by atoms with Crippen molar-refractivity contribution in [1.29, 1.82) is 0 Å². The first-order chi connectivity index (χ1) is 16.2. The van der Waals surface area contributed by atoms with Gasteiger partial charge in [0.05, 0.1) is 11.5 Å². The predicted molar refractivity (Wildman–Crippen MR) is 137 cm³/mol. The maximum atomic E-state index is 13.2. The molecular formula is C28H39NO4S. The van der Waals surface area contributed by atoms with Gasteiger partial charge >= 0.3 is 0 Å². The lowest BCUT2D eigenvalue weighted by molar-refractivity contribution is 0.0985. The summed E-state index contributed by atoms with van der Waals surface area (Å²) in [7, 11) is 0. The van der Waals surface area contributed by atoms with Crippen LogP contribution in [0.2, 0.25) is 0 Å². The van der Waals surface area contributed by atoms with Gasteiger partial charge in [-0.25, -0.2) is 0 Å². The molecule has 3 atom stereocenters. The highest BCUT2D eigenvalue weighted by Gasteiger charge is 2.63. The maximum absolute atomic E-state index is 13.2. The number of rotatable bonds is 12. The number of ether oxygens (including phenoxy) is 1. The van der Waals surface area contributed by atoms with E-state index >= 15 is 0 Å². The van der Waals surface area contributed by atoms with Crippen LogP contribution < -0.4 is 10.1 Å². The molecule has 1 fully saturated rings. The lowest BCUT2D eigenvalue weighted by Crippen LogP contribution is -2.33. The zero-order chi connectivity index (χ0) is 24.6. The topological polar surface area (TPSA) is 78.8 Å². The minimum atomic E-state index is -0.638. The number of nitrogens with one attached hydrogen (secondary N) is 1. The second-order valence-electron chi connectivity index (χ2n) is 10.6. The monoisotopic (exact) mass is 485 g/mol. The highest BCUT2D eigenvalue weighted by atomic mass is 32.1. The Hall–Kier alpha value is -1.73. The summed E-state index contributed by atoms with van der Waals surface area (Å²) in [6.07, 6.45) is 2.52. The lowest BCUT2D eigenvalue weighted by atomic mass is 9.93. The summed E-state index contributed by atoms with van der Waals surface area (Å²) in [5.41, 5.74) is 6.55. The van der Waals surface area contributed by atoms with E-state index in [-0.39, 0.29) is 19.0 Å². The van der Waals surface area contributed by atoms with Crippen LogP contribution in [0, 0.1) is 25.2 Å². The van der Waals surface area contributed by atoms with Crippen LogP contribution in [-0.4, -0.2) is 48.4 Å². The van der Waals surface area contributed by atoms with Crippen LogP contribution in [0.15, 0.2) is 12.1 Å². The molecule has 0 spiro atoms. The van der Waals surface area contributed by atoms with E-state index < -0.39 is 6.10 Å². The molecule has 186 valence electrons. The second-order valence-corrected chi connectivity index (χ2v) is 11.8. The van der Waals surface area contributed by atoms with E-state index in [2.05, 4.69) is 45.1 Å². The molecule has 2 aliphatic carbocycles. The summed E-state index contributed by atoms with van der Waals surface area (Å²) in [4.78, 5) is 15.6. The summed E-state index contributed by atoms with van der Waals surface area (Å²) >= 11 is 1.71. The Bertz CT molecular complexity index is 1060. The minimum absolute atomic E-state index is 0.0460. The van der Waals surface area contributed by atoms with Crippen molar-refractivity contribution in [2.75, 3.05) is 26.3 Å². The number of aryl methyl sites for hydroxylation is 4. The molecule has 2 aliphatic rings. The molecule has 0 aliphatic heterocycles. The van der Waals surface area contributed by atoms with Crippen LogP contribution in [-0.2, 0) is 19.3 Å². The van der Waals surface area contributed by atoms with Crippen LogP contribution >= 0.6 is 11.3 Å². The Morgan fingerprint density at radius 1 is 1.32 bits per heavy atom. The van der Waals surface area contributed by atoms with Crippen LogP contribution in [0.25, 0.3) is 0 Å². The molecule has 2 aromatic rings. The van der Waals surface area contributed by atoms with Gasteiger partial charge in [0.2, 0.25) is 0 Å². The molecule has 1 unspecified atom stereocenters. The van der Waals surface area contributed by atoms with Gasteiger partial charge in [0.15, 0.2) is 5.78 Å². The van der Waals surface area contributed by atoms with Gasteiger partial charge in [0.1, 0.15) is 18.5 Å². The van der Waals surface area contributed by atoms with Crippen molar-refractivity contribution in [1.82, 2.24) is 5.32 Å². The fourth-order valence-corrected chi connectivity index (χ4v) is 7.05. The van der Waals surface area contributed by atoms with Gasteiger partial charge in [-0.1, -0.05) is 32.9 Å². The SMILES string of the molecule is CCc1cc(CCC(=O)c2sc(C)c3c2C[C@H]2[C@@H]3C2(C)C)cc(C)c1OCC(O)CNCCO. The molecule has 0 saturated heterocycles. The van der Waals surface area contributed by atoms with Crippen molar-refractivity contribution in [3.8, 4) is 5.75 Å². The molecule has 0 amide bonds. The van der Waals surface area contributed by atoms with Crippen LogP contribution in [0.1, 0.15) is 75.5 Å². The highest BCUT2D eigenvalue weighted by molar-refractivity contribution is 7.14. The predicted octanol–water partition coefficient (Wildman–Crippen LogP) is 4.36. The molecule has 1 heterocycles. The zero-order valence-electron chi connectivity index (χ0n) is 21.2. The summed E-state index contributed by atoms with van der Waals surface area (Å²) in [6.45, 7) is 12.1. The van der Waals surface area contributed by atoms with Crippen LogP contribution in [0.5, 0.6) is 5.75 Å². The molecule has 4 rings (SSSR count). The van der Waals surface area contributed by atoms with E-state index in [4.69, 9.17) is 9.84 Å². The minimum Gasteiger partial charge on any atom is -0.490 e. The molecular weight excluding hydrogens is 446 g/mol. The van der Waals surface area contributed by atoms with Gasteiger partial charge < -0.3 is 20.3 Å². The number of hydrogen-bond donors (Lipinski definition) is 3. The van der Waals surface area contributed by atoms with Gasteiger partial charge in [-0.15, -0.1) is 11.3 Å². The summed E-state index contributed by atoms with van der Waals surface area (Å²) in [5.74, 6) is 2.49. The standard InChI is InChI=1S/C28H39NO4S/c1-6-19-12-18(11-16(2)26(19)33-15-20(31)14-29-9-10-30)7-8-23(32)27-21-13-22-25(28(22,4)5)24(21)17(3)34-27/h11-12,20,22,25,29-31H,6-10,13-15H2,1-5H3/t20?,22-,25-/m0/s1. The highest BCUT2D eigenvalue weighted by Crippen LogP contribution is 2.71. The molecule has 6 heteroatoms. The molecule has 1 saturated carbocycles. The number of fused-ring (bicyclic) bond motifs is 3. The maximum Gasteiger partial charge on any atom is 0.173 e. The van der Waals surface area contributed by atoms with E-state index in [0.29, 0.717) is 30.8 Å². The van der Waals surface area contributed by atoms with E-state index in [1.54, 1.807) is 11.3 Å². The van der Waals surface area contributed by atoms with Gasteiger partial charge in [-0.3, -0.25) is 4.79 Å². The molecule has 34 heavy (non-hydrogen) atoms. The first kappa shape index (κ1) is 25.4. The Morgan fingerprint density at radius 2 is 2.09 bits per heavy atom. The molecule has 3 N–H and O–H groups in total. The van der Waals surface area contributed by atoms with E-state index in [1.807, 2.05) is 6.92 Å². The summed E-state index contributed by atoms with van der Waals surface area (Å²) in [6, 6.07) is 4.26. The number of ketones is 1. The number of aliphatic hydroxyl groups excluding tert-OH is 2. The normalized spacial score (nSPS) is 20.7. The smallest absolute Gasteiger partial charge is 0.173 e. The van der Waals surface area contributed by atoms with Crippen LogP contribution in [0.3, 0.4) is 0 Å². The van der Waals surface area contributed by atoms with Gasteiger partial charge in [0, 0.05) is 24.4 Å². The van der Waals surface area contributed by atoms with Crippen molar-refractivity contribution < 1.29 is 19.7 Å². The average Bonchev–Trinajstić information content (AvgIpc) is 3.11. The number of aliphatic hydroxyl groups is 2. The van der Waals surface area contributed by atoms with Crippen molar-refractivity contribution in [2.45, 2.75) is 72.3 Å². The third-order valence-electron chi connectivity index (χ3n) is 7.79. The Balaban J connectivity index is 1.39. The van der Waals surface area contributed by atoms with Gasteiger partial charge in [-0.2, -0.15) is 0 Å². The number of carbonyl (C=O) groups is 1. The molecule has 1 aromatic heterocycles. The average molecular weight is 486 g/mol. The molecule has 5 nitrogen and oxygen atoms in total. The number of thiophene rings is 1. The van der Waals surface area contributed by atoms with Crippen molar-refractivity contribution in [2.24, 2.45) is 11.3 Å². The third kappa shape index (κ3) is 4.83. The van der Waals surface area contributed by atoms with Gasteiger partial charge in [-0.05, 0) is 78.2 Å². The Kier molecular flexibility index (Phi) is 7.53. The molecule has 1 aromatic carbocycles. The Labute approximate surface area is 207 Å². The number of Topliss-reactive ketones (excluding diaryl/α,β-unsaturated/α-hetero) is 1. The van der Waals surface area contributed by atoms with E-state index in [0.717, 1.165) is 52.5 Å². The molecule has 0 bridgehead atoms. The first-order valence-electron chi connectivity index (χ1n) is 12.6. The van der Waals surface area contributed by atoms with E-state index in [9.17, 15) is 9.90 Å². The Morgan fingerprint density at radius 3 is 2.79 bits per heavy atom. The largest absolute Gasteiger partial charge is 0.490 e. The zero-order valence-corrected chi connectivity index (χ0v) is 22.0. The number of hydrogen-bond acceptors (Lipinski definition) is 6. The van der Waals surface area contributed by atoms with E-state index in [1.165, 1.54) is 16.0 Å². The van der Waals surface area contributed by atoms with Gasteiger partial charge in [0.25, 0.3) is 0 Å². The van der Waals surface area contributed by atoms with Crippen molar-refractivity contribution in [3.05, 3.63) is 49.7 Å². The third-order valence-corrected chi connectivity index (χ3v) is 9.00. The summed E-state index contributed by atoms with van der Waals surface area (Å²) < 4.78 is 5.97. The molecule has 0 radical (unpaired) electrons. The number of carbonyl (C=O) groups excluding carboxylic acids is 1. The fraction of sp³-hybridized carbons (Fsp3) is 0.607. The summed E-state index contributed by atoms with van der Waals surface area (Å²) in [5, 5.41) is 21.9. The van der Waals surface area contributed by atoms with Crippen LogP contribution in [0.4, 0.5) is 0 Å².